The summed E-state index contributed by atoms with van der Waals surface area (Å²) in [4.78, 5) is 6.77. The van der Waals surface area contributed by atoms with Gasteiger partial charge in [0.05, 0.1) is 0 Å². The highest BCUT2D eigenvalue weighted by Crippen LogP contribution is 2.19. The summed E-state index contributed by atoms with van der Waals surface area (Å²) in [5.41, 5.74) is 0. The van der Waals surface area contributed by atoms with Crippen molar-refractivity contribution < 1.29 is 4.52 Å². The lowest BCUT2D eigenvalue weighted by Crippen LogP contribution is -2.44. The first-order valence-electron chi connectivity index (χ1n) is 7.44. The van der Waals surface area contributed by atoms with Crippen molar-refractivity contribution >= 4 is 0 Å². The van der Waals surface area contributed by atoms with Crippen molar-refractivity contribution in [3.63, 3.8) is 0 Å². The van der Waals surface area contributed by atoms with Crippen LogP contribution in [0.2, 0.25) is 0 Å². The van der Waals surface area contributed by atoms with E-state index >= 15 is 0 Å². The molecular weight excluding hydrogens is 240 g/mol. The van der Waals surface area contributed by atoms with Crippen LogP contribution in [-0.2, 0) is 6.42 Å². The number of rotatable bonds is 6. The quantitative estimate of drug-likeness (QED) is 0.848. The summed E-state index contributed by atoms with van der Waals surface area (Å²) < 4.78 is 4.97. The molecule has 1 aromatic heterocycles. The summed E-state index contributed by atoms with van der Waals surface area (Å²) in [6, 6.07) is 0.558. The van der Waals surface area contributed by atoms with Crippen LogP contribution >= 0.6 is 0 Å². The van der Waals surface area contributed by atoms with Crippen molar-refractivity contribution in [1.29, 1.82) is 0 Å². The van der Waals surface area contributed by atoms with Crippen molar-refractivity contribution in [1.82, 2.24) is 20.4 Å². The molecule has 19 heavy (non-hydrogen) atoms. The zero-order valence-corrected chi connectivity index (χ0v) is 12.4. The highest BCUT2D eigenvalue weighted by atomic mass is 16.5. The Labute approximate surface area is 115 Å². The van der Waals surface area contributed by atoms with E-state index in [0.29, 0.717) is 11.9 Å². The molecule has 2 atom stereocenters. The standard InChI is InChI=1S/C14H26N4O/c1-4-18-9-5-6-13(10-18)11(2)15-8-7-14-16-12(3)19-17-14/h11,13,15H,4-10H2,1-3H3. The van der Waals surface area contributed by atoms with Gasteiger partial charge in [0.2, 0.25) is 5.89 Å². The van der Waals surface area contributed by atoms with Crippen LogP contribution in [0.1, 0.15) is 38.4 Å². The molecule has 1 saturated heterocycles. The van der Waals surface area contributed by atoms with Crippen molar-refractivity contribution in [3.05, 3.63) is 11.7 Å². The lowest BCUT2D eigenvalue weighted by atomic mass is 9.91. The van der Waals surface area contributed by atoms with E-state index in [1.807, 2.05) is 6.92 Å². The largest absolute Gasteiger partial charge is 0.340 e. The molecule has 2 unspecified atom stereocenters. The first-order valence-corrected chi connectivity index (χ1v) is 7.44. The molecular formula is C14H26N4O. The third-order valence-corrected chi connectivity index (χ3v) is 4.08. The topological polar surface area (TPSA) is 54.2 Å². The fourth-order valence-electron chi connectivity index (χ4n) is 2.81. The first kappa shape index (κ1) is 14.5. The summed E-state index contributed by atoms with van der Waals surface area (Å²) in [5, 5.41) is 7.52. The SMILES string of the molecule is CCN1CCCC(C(C)NCCc2noc(C)n2)C1. The molecule has 108 valence electrons. The normalized spacial score (nSPS) is 22.6. The van der Waals surface area contributed by atoms with Gasteiger partial charge in [-0.25, -0.2) is 0 Å². The van der Waals surface area contributed by atoms with Gasteiger partial charge in [0.1, 0.15) is 0 Å². The molecule has 1 fully saturated rings. The maximum Gasteiger partial charge on any atom is 0.223 e. The molecule has 0 amide bonds. The molecule has 0 aliphatic carbocycles. The summed E-state index contributed by atoms with van der Waals surface area (Å²) in [6.07, 6.45) is 3.51. The van der Waals surface area contributed by atoms with Crippen LogP contribution in [0.25, 0.3) is 0 Å². The zero-order valence-electron chi connectivity index (χ0n) is 12.4. The van der Waals surface area contributed by atoms with Gasteiger partial charge >= 0.3 is 0 Å². The Bertz CT molecular complexity index is 379. The van der Waals surface area contributed by atoms with E-state index in [1.165, 1.54) is 32.5 Å². The third kappa shape index (κ3) is 4.28. The van der Waals surface area contributed by atoms with Crippen molar-refractivity contribution in [2.75, 3.05) is 26.2 Å². The molecule has 1 aliphatic heterocycles. The Morgan fingerprint density at radius 1 is 1.53 bits per heavy atom. The van der Waals surface area contributed by atoms with Crippen LogP contribution in [-0.4, -0.2) is 47.3 Å². The average Bonchev–Trinajstić information content (AvgIpc) is 2.84. The van der Waals surface area contributed by atoms with E-state index in [9.17, 15) is 0 Å². The molecule has 5 heteroatoms. The van der Waals surface area contributed by atoms with E-state index < -0.39 is 0 Å². The molecule has 1 N–H and O–H groups in total. The molecule has 0 spiro atoms. The molecule has 0 saturated carbocycles. The Morgan fingerprint density at radius 3 is 3.05 bits per heavy atom. The Hall–Kier alpha value is -0.940. The van der Waals surface area contributed by atoms with Gasteiger partial charge in [-0.05, 0) is 38.8 Å². The lowest BCUT2D eigenvalue weighted by molar-refractivity contribution is 0.157. The van der Waals surface area contributed by atoms with Gasteiger partial charge in [0.15, 0.2) is 5.82 Å². The van der Waals surface area contributed by atoms with E-state index in [2.05, 4.69) is 34.2 Å². The van der Waals surface area contributed by atoms with Crippen molar-refractivity contribution in [2.24, 2.45) is 5.92 Å². The minimum atomic E-state index is 0.558. The van der Waals surface area contributed by atoms with E-state index in [4.69, 9.17) is 4.52 Å². The van der Waals surface area contributed by atoms with E-state index in [-0.39, 0.29) is 0 Å². The number of likely N-dealkylation sites (tertiary alicyclic amines) is 1. The second kappa shape index (κ2) is 7.01. The van der Waals surface area contributed by atoms with Gasteiger partial charge in [-0.3, -0.25) is 0 Å². The monoisotopic (exact) mass is 266 g/mol. The number of nitrogens with zero attached hydrogens (tertiary/aromatic N) is 3. The molecule has 1 aromatic rings. The Balaban J connectivity index is 1.70. The smallest absolute Gasteiger partial charge is 0.223 e. The molecule has 0 radical (unpaired) electrons. The third-order valence-electron chi connectivity index (χ3n) is 4.08. The highest BCUT2D eigenvalue weighted by molar-refractivity contribution is 4.86. The summed E-state index contributed by atoms with van der Waals surface area (Å²) in [5.74, 6) is 2.21. The number of aromatic nitrogens is 2. The molecule has 2 heterocycles. The van der Waals surface area contributed by atoms with Crippen LogP contribution in [0.3, 0.4) is 0 Å². The minimum Gasteiger partial charge on any atom is -0.340 e. The van der Waals surface area contributed by atoms with E-state index in [0.717, 1.165) is 24.7 Å². The highest BCUT2D eigenvalue weighted by Gasteiger charge is 2.23. The number of nitrogens with one attached hydrogen (secondary N) is 1. The van der Waals surface area contributed by atoms with Crippen LogP contribution in [0.5, 0.6) is 0 Å². The molecule has 2 rings (SSSR count). The van der Waals surface area contributed by atoms with Crippen LogP contribution in [0.4, 0.5) is 0 Å². The van der Waals surface area contributed by atoms with Gasteiger partial charge in [-0.1, -0.05) is 12.1 Å². The number of hydrogen-bond acceptors (Lipinski definition) is 5. The number of aryl methyl sites for hydroxylation is 1. The molecule has 0 bridgehead atoms. The fourth-order valence-corrected chi connectivity index (χ4v) is 2.81. The molecule has 1 aliphatic rings. The van der Waals surface area contributed by atoms with Gasteiger partial charge in [0, 0.05) is 32.5 Å². The predicted octanol–water partition coefficient (Wildman–Crippen LogP) is 1.63. The van der Waals surface area contributed by atoms with Crippen LogP contribution in [0.15, 0.2) is 4.52 Å². The first-order chi connectivity index (χ1) is 9.19. The van der Waals surface area contributed by atoms with Gasteiger partial charge < -0.3 is 14.7 Å². The summed E-state index contributed by atoms with van der Waals surface area (Å²) in [7, 11) is 0. The van der Waals surface area contributed by atoms with Crippen LogP contribution < -0.4 is 5.32 Å². The molecule has 0 aromatic carbocycles. The van der Waals surface area contributed by atoms with Gasteiger partial charge in [-0.15, -0.1) is 0 Å². The maximum atomic E-state index is 4.97. The summed E-state index contributed by atoms with van der Waals surface area (Å²) >= 11 is 0. The summed E-state index contributed by atoms with van der Waals surface area (Å²) in [6.45, 7) is 11.0. The lowest BCUT2D eigenvalue weighted by Gasteiger charge is -2.35. The maximum absolute atomic E-state index is 4.97. The zero-order chi connectivity index (χ0) is 13.7. The fraction of sp³-hybridized carbons (Fsp3) is 0.857. The predicted molar refractivity (Wildman–Crippen MR) is 75.0 cm³/mol. The van der Waals surface area contributed by atoms with Crippen molar-refractivity contribution in [3.8, 4) is 0 Å². The molecule has 5 nitrogen and oxygen atoms in total. The average molecular weight is 266 g/mol. The van der Waals surface area contributed by atoms with Gasteiger partial charge in [0.25, 0.3) is 0 Å². The second-order valence-corrected chi connectivity index (χ2v) is 5.52. The van der Waals surface area contributed by atoms with Crippen LogP contribution in [0, 0.1) is 12.8 Å². The van der Waals surface area contributed by atoms with Gasteiger partial charge in [-0.2, -0.15) is 4.98 Å². The second-order valence-electron chi connectivity index (χ2n) is 5.52. The van der Waals surface area contributed by atoms with Crippen molar-refractivity contribution in [2.45, 2.75) is 46.1 Å². The van der Waals surface area contributed by atoms with E-state index in [1.54, 1.807) is 0 Å². The minimum absolute atomic E-state index is 0.558. The Kier molecular flexibility index (Phi) is 5.34. The Morgan fingerprint density at radius 2 is 2.37 bits per heavy atom. The number of piperidine rings is 1. The number of hydrogen-bond donors (Lipinski definition) is 1.